The molecule has 0 aromatic heterocycles. The molecule has 374 valence electrons. The van der Waals surface area contributed by atoms with Crippen LogP contribution in [0.2, 0.25) is 0 Å². The van der Waals surface area contributed by atoms with E-state index < -0.39 is 6.10 Å². The van der Waals surface area contributed by atoms with Gasteiger partial charge in [0.25, 0.3) is 0 Å². The largest absolute Gasteiger partial charge is 0.462 e. The number of unbranched alkanes of at least 4 members (excludes halogenated alkanes) is 42. The van der Waals surface area contributed by atoms with E-state index in [9.17, 15) is 14.4 Å². The lowest BCUT2D eigenvalue weighted by molar-refractivity contribution is -0.167. The standard InChI is InChI=1S/C57H110O6/c1-4-7-10-13-16-19-22-24-26-28-30-32-35-38-41-44-47-50-56(59)62-53-54(52-61-55(58)49-46-43-40-37-34-21-18-15-12-9-6-3)63-57(60)51-48-45-42-39-36-33-31-29-27-25-23-20-17-14-11-8-5-2/h54H,4-53H2,1-3H3. The minimum absolute atomic E-state index is 0.0612. The van der Waals surface area contributed by atoms with E-state index in [1.54, 1.807) is 0 Å². The van der Waals surface area contributed by atoms with Crippen LogP contribution in [-0.4, -0.2) is 37.2 Å². The first kappa shape index (κ1) is 61.4. The lowest BCUT2D eigenvalue weighted by atomic mass is 10.0. The summed E-state index contributed by atoms with van der Waals surface area (Å²) < 4.78 is 16.9. The van der Waals surface area contributed by atoms with E-state index >= 15 is 0 Å². The van der Waals surface area contributed by atoms with Gasteiger partial charge in [-0.1, -0.05) is 290 Å². The molecule has 63 heavy (non-hydrogen) atoms. The van der Waals surface area contributed by atoms with Crippen LogP contribution < -0.4 is 0 Å². The highest BCUT2D eigenvalue weighted by Crippen LogP contribution is 2.18. The third kappa shape index (κ3) is 51.3. The highest BCUT2D eigenvalue weighted by atomic mass is 16.6. The number of hydrogen-bond acceptors (Lipinski definition) is 6. The monoisotopic (exact) mass is 891 g/mol. The Kier molecular flexibility index (Phi) is 51.7. The third-order valence-electron chi connectivity index (χ3n) is 13.1. The molecule has 0 heterocycles. The molecule has 6 heteroatoms. The summed E-state index contributed by atoms with van der Waals surface area (Å²) in [6.07, 6.45) is 58.0. The van der Waals surface area contributed by atoms with Gasteiger partial charge in [0.15, 0.2) is 6.10 Å². The zero-order valence-electron chi connectivity index (χ0n) is 42.9. The van der Waals surface area contributed by atoms with Crippen molar-refractivity contribution in [3.63, 3.8) is 0 Å². The average Bonchev–Trinajstić information content (AvgIpc) is 3.28. The predicted octanol–water partition coefficient (Wildman–Crippen LogP) is 18.8. The second-order valence-electron chi connectivity index (χ2n) is 19.6. The van der Waals surface area contributed by atoms with Gasteiger partial charge >= 0.3 is 17.9 Å². The number of ether oxygens (including phenoxy) is 3. The molecule has 0 radical (unpaired) electrons. The molecule has 0 rings (SSSR count). The Morgan fingerprint density at radius 1 is 0.254 bits per heavy atom. The van der Waals surface area contributed by atoms with Crippen molar-refractivity contribution in [1.29, 1.82) is 0 Å². The van der Waals surface area contributed by atoms with Gasteiger partial charge in [-0.25, -0.2) is 0 Å². The first-order valence-corrected chi connectivity index (χ1v) is 28.5. The van der Waals surface area contributed by atoms with Gasteiger partial charge in [0.1, 0.15) is 13.2 Å². The van der Waals surface area contributed by atoms with E-state index in [1.807, 2.05) is 0 Å². The van der Waals surface area contributed by atoms with Crippen LogP contribution in [0.4, 0.5) is 0 Å². The summed E-state index contributed by atoms with van der Waals surface area (Å²) in [5, 5.41) is 0. The summed E-state index contributed by atoms with van der Waals surface area (Å²) in [4.78, 5) is 38.1. The molecule has 0 N–H and O–H groups in total. The van der Waals surface area contributed by atoms with Crippen LogP contribution in [0.5, 0.6) is 0 Å². The predicted molar refractivity (Wildman–Crippen MR) is 270 cm³/mol. The van der Waals surface area contributed by atoms with Crippen molar-refractivity contribution < 1.29 is 28.6 Å². The first-order valence-electron chi connectivity index (χ1n) is 28.5. The van der Waals surface area contributed by atoms with Crippen molar-refractivity contribution in [2.24, 2.45) is 0 Å². The van der Waals surface area contributed by atoms with E-state index in [1.165, 1.54) is 231 Å². The number of carbonyl (C=O) groups is 3. The molecule has 0 amide bonds. The maximum atomic E-state index is 12.8. The molecular formula is C57H110O6. The molecule has 1 unspecified atom stereocenters. The number of rotatable bonds is 53. The Bertz CT molecular complexity index is 936. The topological polar surface area (TPSA) is 78.9 Å². The van der Waals surface area contributed by atoms with E-state index in [0.717, 1.165) is 57.8 Å². The Morgan fingerprint density at radius 3 is 0.635 bits per heavy atom. The quantitative estimate of drug-likeness (QED) is 0.0344. The normalized spacial score (nSPS) is 11.9. The number of esters is 3. The first-order chi connectivity index (χ1) is 31.0. The lowest BCUT2D eigenvalue weighted by Crippen LogP contribution is -2.30. The van der Waals surface area contributed by atoms with Crippen molar-refractivity contribution in [2.75, 3.05) is 13.2 Å². The van der Waals surface area contributed by atoms with E-state index in [2.05, 4.69) is 20.8 Å². The molecule has 0 aromatic carbocycles. The van der Waals surface area contributed by atoms with Crippen LogP contribution in [0.25, 0.3) is 0 Å². The average molecular weight is 892 g/mol. The van der Waals surface area contributed by atoms with Crippen molar-refractivity contribution in [3.05, 3.63) is 0 Å². The van der Waals surface area contributed by atoms with Crippen LogP contribution in [0.1, 0.15) is 329 Å². The second kappa shape index (κ2) is 53.0. The summed E-state index contributed by atoms with van der Waals surface area (Å²) in [7, 11) is 0. The summed E-state index contributed by atoms with van der Waals surface area (Å²) >= 11 is 0. The fourth-order valence-corrected chi connectivity index (χ4v) is 8.80. The van der Waals surface area contributed by atoms with Crippen molar-refractivity contribution in [1.82, 2.24) is 0 Å². The van der Waals surface area contributed by atoms with E-state index in [4.69, 9.17) is 14.2 Å². The Hall–Kier alpha value is -1.59. The van der Waals surface area contributed by atoms with Crippen LogP contribution in [-0.2, 0) is 28.6 Å². The van der Waals surface area contributed by atoms with Gasteiger partial charge < -0.3 is 14.2 Å². The third-order valence-corrected chi connectivity index (χ3v) is 13.1. The fraction of sp³-hybridized carbons (Fsp3) is 0.947. The maximum absolute atomic E-state index is 12.8. The molecule has 0 saturated heterocycles. The van der Waals surface area contributed by atoms with Crippen molar-refractivity contribution in [2.45, 2.75) is 335 Å². The molecule has 0 aliphatic carbocycles. The summed E-state index contributed by atoms with van der Waals surface area (Å²) in [6.45, 7) is 6.70. The zero-order chi connectivity index (χ0) is 45.8. The van der Waals surface area contributed by atoms with Gasteiger partial charge in [0, 0.05) is 19.3 Å². The summed E-state index contributed by atoms with van der Waals surface area (Å²) in [5.74, 6) is -0.834. The Labute approximate surface area is 393 Å². The van der Waals surface area contributed by atoms with Crippen LogP contribution in [0, 0.1) is 0 Å². The van der Waals surface area contributed by atoms with E-state index in [0.29, 0.717) is 19.3 Å². The van der Waals surface area contributed by atoms with Crippen LogP contribution in [0.15, 0.2) is 0 Å². The van der Waals surface area contributed by atoms with Crippen molar-refractivity contribution >= 4 is 17.9 Å². The van der Waals surface area contributed by atoms with Gasteiger partial charge in [0.05, 0.1) is 0 Å². The molecule has 0 aromatic rings. The molecular weight excluding hydrogens is 781 g/mol. The van der Waals surface area contributed by atoms with Crippen LogP contribution in [0.3, 0.4) is 0 Å². The molecule has 0 bridgehead atoms. The highest BCUT2D eigenvalue weighted by Gasteiger charge is 2.19. The molecule has 0 fully saturated rings. The van der Waals surface area contributed by atoms with Gasteiger partial charge in [-0.15, -0.1) is 0 Å². The van der Waals surface area contributed by atoms with Gasteiger partial charge in [-0.3, -0.25) is 14.4 Å². The Balaban J connectivity index is 4.26. The molecule has 6 nitrogen and oxygen atoms in total. The van der Waals surface area contributed by atoms with Crippen LogP contribution >= 0.6 is 0 Å². The minimum atomic E-state index is -0.760. The minimum Gasteiger partial charge on any atom is -0.462 e. The highest BCUT2D eigenvalue weighted by molar-refractivity contribution is 5.71. The molecule has 0 spiro atoms. The zero-order valence-corrected chi connectivity index (χ0v) is 42.9. The lowest BCUT2D eigenvalue weighted by Gasteiger charge is -2.18. The maximum Gasteiger partial charge on any atom is 0.306 e. The molecule has 1 atom stereocenters. The van der Waals surface area contributed by atoms with E-state index in [-0.39, 0.29) is 31.1 Å². The van der Waals surface area contributed by atoms with Gasteiger partial charge in [-0.2, -0.15) is 0 Å². The van der Waals surface area contributed by atoms with Crippen molar-refractivity contribution in [3.8, 4) is 0 Å². The Morgan fingerprint density at radius 2 is 0.429 bits per heavy atom. The SMILES string of the molecule is CCCCCCCCCCCCCCCCCCCC(=O)OCC(COC(=O)CCCCCCCCCCCCC)OC(=O)CCCCCCCCCCCCCCCCCCC. The smallest absolute Gasteiger partial charge is 0.306 e. The van der Waals surface area contributed by atoms with Gasteiger partial charge in [0.2, 0.25) is 0 Å². The number of carbonyl (C=O) groups excluding carboxylic acids is 3. The second-order valence-corrected chi connectivity index (χ2v) is 19.6. The number of hydrogen-bond donors (Lipinski definition) is 0. The molecule has 0 aliphatic rings. The van der Waals surface area contributed by atoms with Gasteiger partial charge in [-0.05, 0) is 19.3 Å². The fourth-order valence-electron chi connectivity index (χ4n) is 8.80. The summed E-state index contributed by atoms with van der Waals surface area (Å²) in [6, 6.07) is 0. The molecule has 0 aliphatic heterocycles. The summed E-state index contributed by atoms with van der Waals surface area (Å²) in [5.41, 5.74) is 0. The molecule has 0 saturated carbocycles.